The second kappa shape index (κ2) is 11.0. The van der Waals surface area contributed by atoms with Gasteiger partial charge in [-0.1, -0.05) is 36.4 Å². The lowest BCUT2D eigenvalue weighted by Gasteiger charge is -2.21. The van der Waals surface area contributed by atoms with Crippen LogP contribution in [-0.2, 0) is 21.2 Å². The van der Waals surface area contributed by atoms with Crippen molar-refractivity contribution < 1.29 is 27.0 Å². The Kier molecular flexibility index (Phi) is 7.94. The van der Waals surface area contributed by atoms with Gasteiger partial charge in [-0.15, -0.1) is 0 Å². The molecule has 204 valence electrons. The highest BCUT2D eigenvalue weighted by Crippen LogP contribution is 2.32. The van der Waals surface area contributed by atoms with E-state index in [0.717, 1.165) is 16.7 Å². The maximum absolute atomic E-state index is 15.2. The van der Waals surface area contributed by atoms with E-state index in [-0.39, 0.29) is 35.2 Å². The van der Waals surface area contributed by atoms with Crippen molar-refractivity contribution in [2.24, 2.45) is 0 Å². The molecule has 0 fully saturated rings. The van der Waals surface area contributed by atoms with Crippen LogP contribution in [-0.4, -0.2) is 34.2 Å². The van der Waals surface area contributed by atoms with Crippen LogP contribution in [0.3, 0.4) is 0 Å². The quantitative estimate of drug-likeness (QED) is 0.306. The van der Waals surface area contributed by atoms with E-state index in [1.807, 2.05) is 0 Å². The third kappa shape index (κ3) is 5.45. The fraction of sp³-hybridized carbons (Fsp3) is 0.250. The molecule has 0 aliphatic rings. The number of sulfone groups is 1. The summed E-state index contributed by atoms with van der Waals surface area (Å²) in [6.07, 6.45) is 0.943. The van der Waals surface area contributed by atoms with Crippen molar-refractivity contribution in [3.8, 4) is 17.0 Å². The van der Waals surface area contributed by atoms with Crippen LogP contribution >= 0.6 is 0 Å². The molecule has 0 radical (unpaired) electrons. The number of benzene rings is 2. The molecule has 0 spiro atoms. The van der Waals surface area contributed by atoms with Crippen LogP contribution in [0.2, 0.25) is 0 Å². The zero-order valence-electron chi connectivity index (χ0n) is 21.7. The largest absolute Gasteiger partial charge is 0.492 e. The number of pyridine rings is 1. The van der Waals surface area contributed by atoms with Crippen molar-refractivity contribution in [2.75, 3.05) is 0 Å². The third-order valence-electron chi connectivity index (χ3n) is 6.30. The molecule has 4 rings (SSSR count). The second-order valence-corrected chi connectivity index (χ2v) is 11.1. The van der Waals surface area contributed by atoms with Gasteiger partial charge in [0.05, 0.1) is 17.0 Å². The fourth-order valence-electron chi connectivity index (χ4n) is 4.21. The van der Waals surface area contributed by atoms with Gasteiger partial charge in [0.25, 0.3) is 5.56 Å². The average Bonchev–Trinajstić information content (AvgIpc) is 2.89. The van der Waals surface area contributed by atoms with Gasteiger partial charge < -0.3 is 9.84 Å². The van der Waals surface area contributed by atoms with Crippen molar-refractivity contribution in [3.05, 3.63) is 99.9 Å². The number of hydrogen-bond donors (Lipinski definition) is 1. The maximum Gasteiger partial charge on any atom is 0.277 e. The van der Waals surface area contributed by atoms with Crippen molar-refractivity contribution in [2.45, 2.75) is 56.2 Å². The van der Waals surface area contributed by atoms with Crippen LogP contribution in [0.1, 0.15) is 43.8 Å². The minimum absolute atomic E-state index is 0.0261. The first kappa shape index (κ1) is 28.1. The lowest BCUT2D eigenvalue weighted by atomic mass is 10.0. The Morgan fingerprint density at radius 3 is 2.36 bits per heavy atom. The van der Waals surface area contributed by atoms with Crippen LogP contribution in [0, 0.1) is 18.7 Å². The summed E-state index contributed by atoms with van der Waals surface area (Å²) < 4.78 is 63.1. The molecule has 39 heavy (non-hydrogen) atoms. The monoisotopic (exact) mass is 555 g/mol. The predicted octanol–water partition coefficient (Wildman–Crippen LogP) is 4.96. The second-order valence-electron chi connectivity index (χ2n) is 9.22. The molecule has 2 heterocycles. The van der Waals surface area contributed by atoms with Gasteiger partial charge in [-0.2, -0.15) is 9.37 Å². The summed E-state index contributed by atoms with van der Waals surface area (Å²) in [5.74, 6) is -2.74. The first-order valence-electron chi connectivity index (χ1n) is 12.1. The van der Waals surface area contributed by atoms with Crippen molar-refractivity contribution in [1.29, 1.82) is 0 Å². The summed E-state index contributed by atoms with van der Waals surface area (Å²) in [6.45, 7) is 6.51. The van der Waals surface area contributed by atoms with E-state index in [0.29, 0.717) is 5.56 Å². The Labute approximate surface area is 224 Å². The van der Waals surface area contributed by atoms with Gasteiger partial charge in [0.2, 0.25) is 21.7 Å². The summed E-state index contributed by atoms with van der Waals surface area (Å²) in [6, 6.07) is 12.6. The topological polar surface area (TPSA) is 111 Å². The molecular formula is C28H27F2N3O5S. The van der Waals surface area contributed by atoms with Gasteiger partial charge in [0, 0.05) is 17.3 Å². The number of aromatic hydroxyl groups is 1. The highest BCUT2D eigenvalue weighted by molar-refractivity contribution is 7.91. The zero-order chi connectivity index (χ0) is 28.5. The average molecular weight is 556 g/mol. The minimum atomic E-state index is -4.74. The Morgan fingerprint density at radius 1 is 1.03 bits per heavy atom. The summed E-state index contributed by atoms with van der Waals surface area (Å²) in [7, 11) is -4.74. The molecule has 11 heteroatoms. The first-order chi connectivity index (χ1) is 18.4. The molecule has 1 N–H and O–H groups in total. The van der Waals surface area contributed by atoms with E-state index in [9.17, 15) is 22.7 Å². The minimum Gasteiger partial charge on any atom is -0.492 e. The zero-order valence-corrected chi connectivity index (χ0v) is 22.5. The van der Waals surface area contributed by atoms with Crippen LogP contribution in [0.4, 0.5) is 8.78 Å². The molecule has 0 bridgehead atoms. The Balaban J connectivity index is 1.87. The number of rotatable bonds is 8. The normalized spacial score (nSPS) is 12.6. The molecule has 0 aliphatic carbocycles. The summed E-state index contributed by atoms with van der Waals surface area (Å²) >= 11 is 0. The molecule has 0 unspecified atom stereocenters. The number of hydrogen-bond acceptors (Lipinski definition) is 7. The van der Waals surface area contributed by atoms with Crippen LogP contribution < -0.4 is 5.56 Å². The standard InChI is InChI=1S/C28H27F2N3O5S/c1-16(2)38-15-24-32-27(34)25(28(35)33(24)18(4)19-8-6-5-7-9-19)39(36,37)20-10-11-22(23(29)14-20)21-12-13-31-26(30)17(21)3/h5-14,16,18,34H,15H2,1-4H3/t18-/m0/s1. The molecule has 2 aromatic heterocycles. The lowest BCUT2D eigenvalue weighted by Crippen LogP contribution is -2.33. The molecule has 1 atom stereocenters. The van der Waals surface area contributed by atoms with E-state index in [2.05, 4.69) is 9.97 Å². The molecule has 8 nitrogen and oxygen atoms in total. The van der Waals surface area contributed by atoms with E-state index in [1.54, 1.807) is 51.1 Å². The van der Waals surface area contributed by atoms with Crippen LogP contribution in [0.15, 0.2) is 75.4 Å². The summed E-state index contributed by atoms with van der Waals surface area (Å²) in [5, 5.41) is 10.7. The highest BCUT2D eigenvalue weighted by atomic mass is 32.2. The Hall–Kier alpha value is -3.96. The molecule has 4 aromatic rings. The van der Waals surface area contributed by atoms with Gasteiger partial charge in [0.15, 0.2) is 4.90 Å². The smallest absolute Gasteiger partial charge is 0.277 e. The number of aromatic nitrogens is 3. The molecule has 0 amide bonds. The molecule has 2 aromatic carbocycles. The Morgan fingerprint density at radius 2 is 1.72 bits per heavy atom. The van der Waals surface area contributed by atoms with Crippen LogP contribution in [0.5, 0.6) is 5.88 Å². The van der Waals surface area contributed by atoms with Crippen molar-refractivity contribution >= 4 is 9.84 Å². The lowest BCUT2D eigenvalue weighted by molar-refractivity contribution is 0.0575. The van der Waals surface area contributed by atoms with E-state index < -0.39 is 48.9 Å². The fourth-order valence-corrected chi connectivity index (χ4v) is 5.56. The summed E-state index contributed by atoms with van der Waals surface area (Å²) in [5.41, 5.74) is -0.103. The number of nitrogens with zero attached hydrogens (tertiary/aromatic N) is 3. The molecular weight excluding hydrogens is 528 g/mol. The number of ether oxygens (including phenoxy) is 1. The Bertz CT molecular complexity index is 1690. The van der Waals surface area contributed by atoms with Gasteiger partial charge >= 0.3 is 0 Å². The molecule has 0 saturated heterocycles. The van der Waals surface area contributed by atoms with Crippen molar-refractivity contribution in [1.82, 2.24) is 14.5 Å². The van der Waals surface area contributed by atoms with Crippen molar-refractivity contribution in [3.63, 3.8) is 0 Å². The molecule has 0 aliphatic heterocycles. The molecule has 0 saturated carbocycles. The van der Waals surface area contributed by atoms with E-state index in [4.69, 9.17) is 4.74 Å². The predicted molar refractivity (Wildman–Crippen MR) is 140 cm³/mol. The van der Waals surface area contributed by atoms with Gasteiger partial charge in [0.1, 0.15) is 18.2 Å². The van der Waals surface area contributed by atoms with Gasteiger partial charge in [-0.3, -0.25) is 9.36 Å². The maximum atomic E-state index is 15.2. The first-order valence-corrected chi connectivity index (χ1v) is 13.6. The SMILES string of the molecule is Cc1c(-c2ccc(S(=O)(=O)c3c(O)nc(COC(C)C)n([C@@H](C)c4ccccc4)c3=O)cc2F)ccnc1F. The third-order valence-corrected chi connectivity index (χ3v) is 8.07. The highest BCUT2D eigenvalue weighted by Gasteiger charge is 2.32. The summed E-state index contributed by atoms with van der Waals surface area (Å²) in [4.78, 5) is 19.7. The van der Waals surface area contributed by atoms with E-state index >= 15 is 4.39 Å². The number of halogens is 2. The van der Waals surface area contributed by atoms with Crippen LogP contribution in [0.25, 0.3) is 11.1 Å². The van der Waals surface area contributed by atoms with E-state index in [1.165, 1.54) is 25.3 Å². The van der Waals surface area contributed by atoms with Gasteiger partial charge in [-0.25, -0.2) is 17.8 Å². The van der Waals surface area contributed by atoms with Gasteiger partial charge in [-0.05, 0) is 57.0 Å².